The van der Waals surface area contributed by atoms with Gasteiger partial charge in [0.05, 0.1) is 22.6 Å². The number of rotatable bonds is 2. The molecule has 0 fully saturated rings. The molecule has 0 N–H and O–H groups in total. The van der Waals surface area contributed by atoms with Crippen molar-refractivity contribution in [2.24, 2.45) is 0 Å². The van der Waals surface area contributed by atoms with Crippen molar-refractivity contribution in [1.82, 2.24) is 0 Å². The SMILES string of the molecule is O=S(=O)([O-])C(F)(F)F.c1ccc(-c2cc3ccccc3c(-c3ccccc3)[o+]2)cc1. The first-order chi connectivity index (χ1) is 14.2. The predicted molar refractivity (Wildman–Crippen MR) is 107 cm³/mol. The van der Waals surface area contributed by atoms with E-state index in [0.29, 0.717) is 0 Å². The van der Waals surface area contributed by atoms with Gasteiger partial charge in [-0.2, -0.15) is 13.2 Å². The van der Waals surface area contributed by atoms with Crippen LogP contribution in [0.15, 0.2) is 95.4 Å². The molecule has 0 radical (unpaired) electrons. The Morgan fingerprint density at radius 3 is 1.73 bits per heavy atom. The molecule has 0 aliphatic carbocycles. The number of fused-ring (bicyclic) bond motifs is 1. The van der Waals surface area contributed by atoms with E-state index in [2.05, 4.69) is 48.5 Å². The van der Waals surface area contributed by atoms with Gasteiger partial charge in [0.2, 0.25) is 0 Å². The Hall–Kier alpha value is -3.23. The molecule has 4 nitrogen and oxygen atoms in total. The molecule has 0 aliphatic rings. The van der Waals surface area contributed by atoms with Crippen LogP contribution in [-0.4, -0.2) is 18.5 Å². The Balaban J connectivity index is 0.000000275. The van der Waals surface area contributed by atoms with E-state index < -0.39 is 15.6 Å². The maximum Gasteiger partial charge on any atom is 0.485 e. The average Bonchev–Trinajstić information content (AvgIpc) is 2.73. The number of hydrogen-bond acceptors (Lipinski definition) is 3. The van der Waals surface area contributed by atoms with Gasteiger partial charge in [0.15, 0.2) is 10.1 Å². The molecule has 0 unspecified atom stereocenters. The zero-order valence-electron chi connectivity index (χ0n) is 15.3. The fourth-order valence-electron chi connectivity index (χ4n) is 2.71. The van der Waals surface area contributed by atoms with Gasteiger partial charge in [-0.1, -0.05) is 54.6 Å². The highest BCUT2D eigenvalue weighted by Crippen LogP contribution is 2.33. The predicted octanol–water partition coefficient (Wildman–Crippen LogP) is 6.10. The summed E-state index contributed by atoms with van der Waals surface area (Å²) < 4.78 is 65.2. The van der Waals surface area contributed by atoms with Crippen LogP contribution in [0.25, 0.3) is 33.4 Å². The first-order valence-electron chi connectivity index (χ1n) is 8.66. The van der Waals surface area contributed by atoms with E-state index in [1.807, 2.05) is 42.5 Å². The fourth-order valence-corrected chi connectivity index (χ4v) is 2.71. The van der Waals surface area contributed by atoms with Crippen molar-refractivity contribution in [3.8, 4) is 22.6 Å². The molecule has 0 bridgehead atoms. The number of benzene rings is 3. The Labute approximate surface area is 171 Å². The van der Waals surface area contributed by atoms with E-state index in [0.717, 1.165) is 28.0 Å². The molecular formula is C22H15F3O4S. The quantitative estimate of drug-likeness (QED) is 0.218. The number of alkyl halides is 3. The maximum atomic E-state index is 10.7. The van der Waals surface area contributed by atoms with Gasteiger partial charge < -0.3 is 4.55 Å². The van der Waals surface area contributed by atoms with Gasteiger partial charge in [0, 0.05) is 5.39 Å². The van der Waals surface area contributed by atoms with Crippen molar-refractivity contribution in [1.29, 1.82) is 0 Å². The van der Waals surface area contributed by atoms with E-state index in [9.17, 15) is 13.2 Å². The van der Waals surface area contributed by atoms with E-state index in [4.69, 9.17) is 17.4 Å². The number of hydrogen-bond donors (Lipinski definition) is 0. The van der Waals surface area contributed by atoms with E-state index in [-0.39, 0.29) is 0 Å². The summed E-state index contributed by atoms with van der Waals surface area (Å²) in [4.78, 5) is 0. The van der Waals surface area contributed by atoms with Crippen LogP contribution in [0.4, 0.5) is 13.2 Å². The second kappa shape index (κ2) is 8.64. The topological polar surface area (TPSA) is 68.5 Å². The number of halogens is 3. The molecule has 8 heteroatoms. The van der Waals surface area contributed by atoms with Crippen LogP contribution < -0.4 is 0 Å². The lowest BCUT2D eigenvalue weighted by molar-refractivity contribution is -0.0517. The second-order valence-corrected chi connectivity index (χ2v) is 7.53. The van der Waals surface area contributed by atoms with Crippen LogP contribution in [0.1, 0.15) is 0 Å². The summed E-state index contributed by atoms with van der Waals surface area (Å²) >= 11 is 0. The zero-order chi connectivity index (χ0) is 21.8. The van der Waals surface area contributed by atoms with Crippen LogP contribution in [-0.2, 0) is 10.1 Å². The summed E-state index contributed by atoms with van der Waals surface area (Å²) in [6.07, 6.45) is 0. The minimum absolute atomic E-state index is 0.887. The molecule has 0 amide bonds. The van der Waals surface area contributed by atoms with Crippen molar-refractivity contribution in [2.45, 2.75) is 5.51 Å². The standard InChI is InChI=1S/C21H15O.CHF3O3S/c1-3-9-16(10-4-1)20-15-18-13-7-8-14-19(18)21(22-20)17-11-5-2-6-12-17;2-1(3,4)8(5,6)7/h1-15H;(H,5,6,7)/q+1;/p-1. The Kier molecular flexibility index (Phi) is 6.19. The minimum atomic E-state index is -6.09. The highest BCUT2D eigenvalue weighted by atomic mass is 32.2. The summed E-state index contributed by atoms with van der Waals surface area (Å²) in [7, 11) is -6.09. The molecule has 0 aliphatic heterocycles. The molecule has 0 saturated carbocycles. The Morgan fingerprint density at radius 2 is 1.20 bits per heavy atom. The van der Waals surface area contributed by atoms with Crippen molar-refractivity contribution in [2.75, 3.05) is 0 Å². The fraction of sp³-hybridized carbons (Fsp3) is 0.0455. The first-order valence-corrected chi connectivity index (χ1v) is 10.1. The molecular weight excluding hydrogens is 417 g/mol. The third kappa shape index (κ3) is 5.03. The van der Waals surface area contributed by atoms with Gasteiger partial charge in [-0.15, -0.1) is 0 Å². The molecule has 1 aromatic heterocycles. The van der Waals surface area contributed by atoms with Gasteiger partial charge in [-0.25, -0.2) is 12.8 Å². The molecule has 1 heterocycles. The summed E-state index contributed by atoms with van der Waals surface area (Å²) in [6.45, 7) is 0. The average molecular weight is 432 g/mol. The van der Waals surface area contributed by atoms with Crippen molar-refractivity contribution in [3.05, 3.63) is 91.0 Å². The summed E-state index contributed by atoms with van der Waals surface area (Å²) in [5.41, 5.74) is -3.46. The first kappa shape index (κ1) is 21.5. The second-order valence-electron chi connectivity index (χ2n) is 6.16. The highest BCUT2D eigenvalue weighted by Gasteiger charge is 2.36. The van der Waals surface area contributed by atoms with E-state index in [1.165, 1.54) is 5.39 Å². The summed E-state index contributed by atoms with van der Waals surface area (Å²) in [5.74, 6) is 1.80. The largest absolute Gasteiger partial charge is 0.741 e. The Morgan fingerprint density at radius 1 is 0.733 bits per heavy atom. The van der Waals surface area contributed by atoms with Crippen molar-refractivity contribution in [3.63, 3.8) is 0 Å². The van der Waals surface area contributed by atoms with Gasteiger partial charge in [-0.05, 0) is 30.3 Å². The smallest absolute Gasteiger partial charge is 0.485 e. The van der Waals surface area contributed by atoms with Gasteiger partial charge in [0.1, 0.15) is 0 Å². The lowest BCUT2D eigenvalue weighted by atomic mass is 10.0. The Bertz CT molecular complexity index is 1240. The minimum Gasteiger partial charge on any atom is -0.741 e. The lowest BCUT2D eigenvalue weighted by Crippen LogP contribution is -2.21. The molecule has 0 atom stereocenters. The highest BCUT2D eigenvalue weighted by molar-refractivity contribution is 7.86. The molecule has 4 rings (SSSR count). The molecule has 0 spiro atoms. The van der Waals surface area contributed by atoms with Gasteiger partial charge in [-0.3, -0.25) is 0 Å². The van der Waals surface area contributed by atoms with Crippen LogP contribution >= 0.6 is 0 Å². The third-order valence-corrected chi connectivity index (χ3v) is 4.65. The molecule has 4 aromatic rings. The van der Waals surface area contributed by atoms with Gasteiger partial charge >= 0.3 is 17.0 Å². The van der Waals surface area contributed by atoms with Crippen LogP contribution in [0.5, 0.6) is 0 Å². The molecule has 154 valence electrons. The molecule has 30 heavy (non-hydrogen) atoms. The van der Waals surface area contributed by atoms with Crippen LogP contribution in [0, 0.1) is 0 Å². The third-order valence-electron chi connectivity index (χ3n) is 4.08. The summed E-state index contributed by atoms with van der Waals surface area (Å²) in [6, 6.07) is 30.9. The van der Waals surface area contributed by atoms with Crippen LogP contribution in [0.3, 0.4) is 0 Å². The normalized spacial score (nSPS) is 11.6. The zero-order valence-corrected chi connectivity index (χ0v) is 16.2. The molecule has 0 saturated heterocycles. The summed E-state index contributed by atoms with van der Waals surface area (Å²) in [5, 5.41) is 2.32. The van der Waals surface area contributed by atoms with Gasteiger partial charge in [0.25, 0.3) is 0 Å². The monoisotopic (exact) mass is 432 g/mol. The van der Waals surface area contributed by atoms with E-state index in [1.54, 1.807) is 0 Å². The lowest BCUT2D eigenvalue weighted by Gasteiger charge is -2.08. The van der Waals surface area contributed by atoms with Crippen LogP contribution in [0.2, 0.25) is 0 Å². The molecule has 3 aromatic carbocycles. The van der Waals surface area contributed by atoms with E-state index >= 15 is 0 Å². The van der Waals surface area contributed by atoms with Crippen molar-refractivity contribution >= 4 is 20.9 Å². The maximum absolute atomic E-state index is 10.7. The van der Waals surface area contributed by atoms with Crippen molar-refractivity contribution < 1.29 is 30.6 Å².